The van der Waals surface area contributed by atoms with Gasteiger partial charge in [0, 0.05) is 18.3 Å². The maximum atomic E-state index is 14.0. The maximum Gasteiger partial charge on any atom is 0.258 e. The summed E-state index contributed by atoms with van der Waals surface area (Å²) < 4.78 is 15.4. The second kappa shape index (κ2) is 6.87. The maximum absolute atomic E-state index is 14.0. The van der Waals surface area contributed by atoms with Crippen molar-refractivity contribution in [3.63, 3.8) is 0 Å². The fourth-order valence-corrected chi connectivity index (χ4v) is 2.19. The number of aromatic nitrogens is 4. The van der Waals surface area contributed by atoms with Gasteiger partial charge in [-0.05, 0) is 46.8 Å². The number of benzene rings is 2. The summed E-state index contributed by atoms with van der Waals surface area (Å²) in [5.41, 5.74) is 1.23. The lowest BCUT2D eigenvalue weighted by Crippen LogP contribution is -2.15. The lowest BCUT2D eigenvalue weighted by molar-refractivity contribution is -0.114. The molecule has 1 aromatic heterocycles. The molecule has 0 aliphatic rings. The van der Waals surface area contributed by atoms with Gasteiger partial charge in [-0.25, -0.2) is 9.07 Å². The van der Waals surface area contributed by atoms with E-state index in [9.17, 15) is 14.0 Å². The van der Waals surface area contributed by atoms with Crippen molar-refractivity contribution in [2.24, 2.45) is 0 Å². The van der Waals surface area contributed by atoms with E-state index < -0.39 is 11.7 Å². The highest BCUT2D eigenvalue weighted by Gasteiger charge is 2.14. The zero-order chi connectivity index (χ0) is 17.8. The number of hydrogen-bond donors (Lipinski definition) is 2. The Morgan fingerprint density at radius 2 is 1.84 bits per heavy atom. The highest BCUT2D eigenvalue weighted by atomic mass is 19.1. The molecule has 0 saturated carbocycles. The van der Waals surface area contributed by atoms with E-state index in [1.54, 1.807) is 24.3 Å². The topological polar surface area (TPSA) is 102 Å². The van der Waals surface area contributed by atoms with E-state index in [2.05, 4.69) is 26.2 Å². The first-order valence-electron chi connectivity index (χ1n) is 7.25. The number of carbonyl (C=O) groups excluding carboxylic acids is 2. The molecule has 0 aliphatic carbocycles. The molecule has 0 unspecified atom stereocenters. The summed E-state index contributed by atoms with van der Waals surface area (Å²) in [7, 11) is 0. The van der Waals surface area contributed by atoms with Crippen LogP contribution in [0.3, 0.4) is 0 Å². The normalized spacial score (nSPS) is 10.3. The monoisotopic (exact) mass is 340 g/mol. The molecule has 126 valence electrons. The summed E-state index contributed by atoms with van der Waals surface area (Å²) in [6, 6.07) is 10.5. The van der Waals surface area contributed by atoms with Crippen LogP contribution >= 0.6 is 0 Å². The van der Waals surface area contributed by atoms with Gasteiger partial charge in [0.2, 0.25) is 5.91 Å². The molecule has 0 atom stereocenters. The Hall–Kier alpha value is -3.62. The summed E-state index contributed by atoms with van der Waals surface area (Å²) in [5.74, 6) is -1.54. The SMILES string of the molecule is CC(=O)Nc1cccc(NC(=O)c2cc(-n3cnnn3)ccc2F)c1. The Morgan fingerprint density at radius 1 is 1.08 bits per heavy atom. The van der Waals surface area contributed by atoms with Crippen molar-refractivity contribution in [3.8, 4) is 5.69 Å². The number of nitrogens with one attached hydrogen (secondary N) is 2. The average molecular weight is 340 g/mol. The Balaban J connectivity index is 1.84. The molecule has 0 aliphatic heterocycles. The van der Waals surface area contributed by atoms with Crippen LogP contribution in [-0.4, -0.2) is 32.0 Å². The minimum absolute atomic E-state index is 0.155. The largest absolute Gasteiger partial charge is 0.326 e. The summed E-state index contributed by atoms with van der Waals surface area (Å²) in [6.07, 6.45) is 1.34. The second-order valence-corrected chi connectivity index (χ2v) is 5.13. The molecular weight excluding hydrogens is 327 g/mol. The van der Waals surface area contributed by atoms with Crippen LogP contribution in [0.5, 0.6) is 0 Å². The van der Waals surface area contributed by atoms with Crippen molar-refractivity contribution in [3.05, 3.63) is 60.2 Å². The van der Waals surface area contributed by atoms with Gasteiger partial charge >= 0.3 is 0 Å². The lowest BCUT2D eigenvalue weighted by Gasteiger charge is -2.09. The lowest BCUT2D eigenvalue weighted by atomic mass is 10.1. The first-order valence-corrected chi connectivity index (χ1v) is 7.25. The van der Waals surface area contributed by atoms with Gasteiger partial charge < -0.3 is 10.6 Å². The summed E-state index contributed by atoms with van der Waals surface area (Å²) in [6.45, 7) is 1.38. The number of rotatable bonds is 4. The molecule has 3 rings (SSSR count). The summed E-state index contributed by atoms with van der Waals surface area (Å²) >= 11 is 0. The minimum Gasteiger partial charge on any atom is -0.326 e. The van der Waals surface area contributed by atoms with Crippen molar-refractivity contribution < 1.29 is 14.0 Å². The van der Waals surface area contributed by atoms with Gasteiger partial charge in [-0.2, -0.15) is 0 Å². The van der Waals surface area contributed by atoms with Gasteiger partial charge in [0.25, 0.3) is 5.91 Å². The van der Waals surface area contributed by atoms with Crippen LogP contribution in [0.15, 0.2) is 48.8 Å². The fourth-order valence-electron chi connectivity index (χ4n) is 2.19. The second-order valence-electron chi connectivity index (χ2n) is 5.13. The highest BCUT2D eigenvalue weighted by Crippen LogP contribution is 2.18. The number of anilines is 2. The smallest absolute Gasteiger partial charge is 0.258 e. The molecule has 9 heteroatoms. The molecule has 0 bridgehead atoms. The molecule has 0 spiro atoms. The average Bonchev–Trinajstić information content (AvgIpc) is 3.09. The Morgan fingerprint density at radius 3 is 2.52 bits per heavy atom. The standard InChI is InChI=1S/C16H13FN6O2/c1-10(24)19-11-3-2-4-12(7-11)20-16(25)14-8-13(5-6-15(14)17)23-9-18-21-22-23/h2-9H,1H3,(H,19,24)(H,20,25). The van der Waals surface area contributed by atoms with Crippen LogP contribution < -0.4 is 10.6 Å². The van der Waals surface area contributed by atoms with Gasteiger partial charge in [0.05, 0.1) is 11.3 Å². The number of halogens is 1. The number of carbonyl (C=O) groups is 2. The highest BCUT2D eigenvalue weighted by molar-refractivity contribution is 6.05. The van der Waals surface area contributed by atoms with Crippen molar-refractivity contribution in [1.82, 2.24) is 20.2 Å². The molecule has 3 aromatic rings. The van der Waals surface area contributed by atoms with E-state index in [1.807, 2.05) is 0 Å². The predicted molar refractivity (Wildman–Crippen MR) is 87.8 cm³/mol. The van der Waals surface area contributed by atoms with Gasteiger partial charge in [-0.15, -0.1) is 5.10 Å². The van der Waals surface area contributed by atoms with E-state index >= 15 is 0 Å². The van der Waals surface area contributed by atoms with Crippen molar-refractivity contribution in [2.45, 2.75) is 6.92 Å². The van der Waals surface area contributed by atoms with Crippen LogP contribution in [0, 0.1) is 5.82 Å². The Kier molecular flexibility index (Phi) is 4.46. The van der Waals surface area contributed by atoms with Gasteiger partial charge in [-0.3, -0.25) is 9.59 Å². The summed E-state index contributed by atoms with van der Waals surface area (Å²) in [5, 5.41) is 15.9. The first kappa shape index (κ1) is 16.2. The third-order valence-corrected chi connectivity index (χ3v) is 3.25. The van der Waals surface area contributed by atoms with Crippen LogP contribution in [0.4, 0.5) is 15.8 Å². The fraction of sp³-hybridized carbons (Fsp3) is 0.0625. The van der Waals surface area contributed by atoms with E-state index in [0.717, 1.165) is 0 Å². The molecule has 0 radical (unpaired) electrons. The Labute approximate surface area is 141 Å². The quantitative estimate of drug-likeness (QED) is 0.756. The zero-order valence-electron chi connectivity index (χ0n) is 13.1. The minimum atomic E-state index is -0.674. The van der Waals surface area contributed by atoms with Gasteiger partial charge in [0.1, 0.15) is 12.1 Å². The molecule has 0 fully saturated rings. The zero-order valence-corrected chi connectivity index (χ0v) is 13.1. The third-order valence-electron chi connectivity index (χ3n) is 3.25. The number of amides is 2. The van der Waals surface area contributed by atoms with Crippen LogP contribution in [0.25, 0.3) is 5.69 Å². The van der Waals surface area contributed by atoms with Crippen molar-refractivity contribution in [1.29, 1.82) is 0 Å². The number of nitrogens with zero attached hydrogens (tertiary/aromatic N) is 4. The van der Waals surface area contributed by atoms with Crippen molar-refractivity contribution >= 4 is 23.2 Å². The van der Waals surface area contributed by atoms with E-state index in [1.165, 1.54) is 36.1 Å². The molecule has 0 saturated heterocycles. The molecule has 25 heavy (non-hydrogen) atoms. The number of tetrazole rings is 1. The number of hydrogen-bond acceptors (Lipinski definition) is 5. The molecule has 2 N–H and O–H groups in total. The predicted octanol–water partition coefficient (Wildman–Crippen LogP) is 2.01. The molecule has 2 amide bonds. The van der Waals surface area contributed by atoms with E-state index in [-0.39, 0.29) is 11.5 Å². The van der Waals surface area contributed by atoms with E-state index in [0.29, 0.717) is 17.1 Å². The molecule has 2 aromatic carbocycles. The summed E-state index contributed by atoms with van der Waals surface area (Å²) in [4.78, 5) is 23.5. The molecular formula is C16H13FN6O2. The van der Waals surface area contributed by atoms with Crippen molar-refractivity contribution in [2.75, 3.05) is 10.6 Å². The molecule has 1 heterocycles. The third kappa shape index (κ3) is 3.83. The first-order chi connectivity index (χ1) is 12.0. The van der Waals surface area contributed by atoms with Crippen LogP contribution in [0.2, 0.25) is 0 Å². The van der Waals surface area contributed by atoms with Gasteiger partial charge in [0.15, 0.2) is 0 Å². The van der Waals surface area contributed by atoms with E-state index in [4.69, 9.17) is 0 Å². The van der Waals surface area contributed by atoms with Crippen LogP contribution in [0.1, 0.15) is 17.3 Å². The Bertz CT molecular complexity index is 926. The van der Waals surface area contributed by atoms with Crippen LogP contribution in [-0.2, 0) is 4.79 Å². The van der Waals surface area contributed by atoms with Gasteiger partial charge in [-0.1, -0.05) is 6.07 Å². The molecule has 8 nitrogen and oxygen atoms in total.